The minimum atomic E-state index is -4.99. The maximum atomic E-state index is 14.8. The Morgan fingerprint density at radius 3 is 2.02 bits per heavy atom. The van der Waals surface area contributed by atoms with E-state index in [1.807, 2.05) is 0 Å². The van der Waals surface area contributed by atoms with E-state index in [0.29, 0.717) is 21.9 Å². The Labute approximate surface area is 282 Å². The normalized spacial score (nSPS) is 14.6. The Balaban J connectivity index is 1.94. The van der Waals surface area contributed by atoms with Gasteiger partial charge in [0.1, 0.15) is 18.4 Å². The summed E-state index contributed by atoms with van der Waals surface area (Å²) >= 11 is 18.4. The first-order valence-corrected chi connectivity index (χ1v) is 15.3. The molecule has 47 heavy (non-hydrogen) atoms. The molecule has 0 bridgehead atoms. The van der Waals surface area contributed by atoms with Gasteiger partial charge < -0.3 is 21.1 Å². The third kappa shape index (κ3) is 10.5. The molecule has 7 nitrogen and oxygen atoms in total. The first kappa shape index (κ1) is 38.0. The number of alkyl halides is 5. The average molecular weight is 723 g/mol. The molecule has 0 aliphatic rings. The van der Waals surface area contributed by atoms with Crippen molar-refractivity contribution >= 4 is 52.4 Å². The van der Waals surface area contributed by atoms with Gasteiger partial charge in [-0.2, -0.15) is 22.0 Å². The number of amides is 2. The zero-order valence-corrected chi connectivity index (χ0v) is 27.2. The van der Waals surface area contributed by atoms with Crippen LogP contribution in [0, 0.1) is 5.92 Å². The van der Waals surface area contributed by atoms with Gasteiger partial charge in [-0.05, 0) is 53.4 Å². The van der Waals surface area contributed by atoms with Crippen molar-refractivity contribution in [3.63, 3.8) is 0 Å². The third-order valence-corrected chi connectivity index (χ3v) is 8.04. The summed E-state index contributed by atoms with van der Waals surface area (Å²) in [6, 6.07) is 16.2. The minimum absolute atomic E-state index is 0.0517. The predicted octanol–water partition coefficient (Wildman–Crippen LogP) is 7.29. The largest absolute Gasteiger partial charge is 0.486 e. The van der Waals surface area contributed by atoms with Gasteiger partial charge >= 0.3 is 12.1 Å². The summed E-state index contributed by atoms with van der Waals surface area (Å²) in [6.45, 7) is 0.574. The van der Waals surface area contributed by atoms with Crippen LogP contribution < -0.4 is 21.1 Å². The number of carbonyl (C=O) groups is 3. The van der Waals surface area contributed by atoms with Crippen LogP contribution in [0.4, 0.5) is 22.0 Å². The van der Waals surface area contributed by atoms with E-state index >= 15 is 0 Å². The number of Topliss-reactive ketones (excluding diaryl/α,β-unsaturated/α-hetero) is 1. The number of hydrogen-bond donors (Lipinski definition) is 3. The molecule has 254 valence electrons. The molecule has 2 unspecified atom stereocenters. The highest BCUT2D eigenvalue weighted by Crippen LogP contribution is 2.34. The van der Waals surface area contributed by atoms with Crippen LogP contribution in [0.2, 0.25) is 15.1 Å². The van der Waals surface area contributed by atoms with E-state index in [2.05, 4.69) is 5.32 Å². The van der Waals surface area contributed by atoms with Crippen LogP contribution >= 0.6 is 34.8 Å². The van der Waals surface area contributed by atoms with Gasteiger partial charge in [-0.1, -0.05) is 85.0 Å². The second kappa shape index (κ2) is 16.1. The molecule has 0 heterocycles. The van der Waals surface area contributed by atoms with E-state index in [1.54, 1.807) is 72.8 Å². The molecule has 0 saturated carbocycles. The van der Waals surface area contributed by atoms with Gasteiger partial charge in [0.2, 0.25) is 11.7 Å². The number of benzene rings is 3. The Morgan fingerprint density at radius 2 is 1.47 bits per heavy atom. The molecule has 0 aliphatic heterocycles. The first-order chi connectivity index (χ1) is 21.9. The van der Waals surface area contributed by atoms with E-state index in [-0.39, 0.29) is 16.5 Å². The number of carbonyl (C=O) groups excluding carboxylic acids is 3. The number of rotatable bonds is 14. The van der Waals surface area contributed by atoms with Gasteiger partial charge in [-0.15, -0.1) is 0 Å². The second-order valence-electron chi connectivity index (χ2n) is 11.0. The zero-order valence-electron chi connectivity index (χ0n) is 25.0. The number of hydrogen-bond acceptors (Lipinski definition) is 5. The molecule has 0 fully saturated rings. The molecule has 0 aromatic heterocycles. The molecule has 0 radical (unpaired) electrons. The molecule has 2 amide bonds. The van der Waals surface area contributed by atoms with E-state index < -0.39 is 66.3 Å². The molecular weight excluding hydrogens is 692 g/mol. The lowest BCUT2D eigenvalue weighted by Crippen LogP contribution is -2.58. The summed E-state index contributed by atoms with van der Waals surface area (Å²) in [6.07, 6.45) is -5.88. The van der Waals surface area contributed by atoms with Crippen LogP contribution in [0.1, 0.15) is 43.4 Å². The number of nitrogens with one attached hydrogen (secondary N) is 2. The SMILES string of the molecule is CC(C)[C@H](NC(=O)[C@@H](c1ccccc1)C(N)CC(Oc1ccc(Cl)cc1)c1ccc(Cl)c(Cl)c1)C(=O)C(F)(F)C(=O)NCC(F)(F)F. The second-order valence-corrected chi connectivity index (χ2v) is 12.2. The number of nitrogens with two attached hydrogens (primary N) is 1. The quantitative estimate of drug-likeness (QED) is 0.120. The Hall–Kier alpha value is -3.45. The van der Waals surface area contributed by atoms with Crippen LogP contribution in [0.5, 0.6) is 5.75 Å². The molecule has 0 spiro atoms. The smallest absolute Gasteiger partial charge is 0.405 e. The van der Waals surface area contributed by atoms with Gasteiger partial charge in [-0.25, -0.2) is 0 Å². The number of ether oxygens (including phenoxy) is 1. The van der Waals surface area contributed by atoms with E-state index in [4.69, 9.17) is 45.3 Å². The average Bonchev–Trinajstić information content (AvgIpc) is 3.00. The van der Waals surface area contributed by atoms with Crippen LogP contribution in [0.3, 0.4) is 0 Å². The van der Waals surface area contributed by atoms with Gasteiger partial charge in [-0.3, -0.25) is 14.4 Å². The molecular formula is C32H31Cl3F5N3O4. The Bertz CT molecular complexity index is 1540. The number of halogens is 8. The van der Waals surface area contributed by atoms with Gasteiger partial charge in [0, 0.05) is 17.5 Å². The first-order valence-electron chi connectivity index (χ1n) is 14.2. The summed E-state index contributed by atoms with van der Waals surface area (Å²) in [5.41, 5.74) is 7.55. The molecule has 4 N–H and O–H groups in total. The predicted molar refractivity (Wildman–Crippen MR) is 169 cm³/mol. The lowest BCUT2D eigenvalue weighted by atomic mass is 9.85. The van der Waals surface area contributed by atoms with Crippen molar-refractivity contribution < 1.29 is 41.1 Å². The van der Waals surface area contributed by atoms with Crippen molar-refractivity contribution in [1.29, 1.82) is 0 Å². The van der Waals surface area contributed by atoms with Gasteiger partial charge in [0.25, 0.3) is 5.91 Å². The van der Waals surface area contributed by atoms with Crippen LogP contribution in [0.15, 0.2) is 72.8 Å². The lowest BCUT2D eigenvalue weighted by molar-refractivity contribution is -0.165. The monoisotopic (exact) mass is 721 g/mol. The van der Waals surface area contributed by atoms with Crippen LogP contribution in [0.25, 0.3) is 0 Å². The summed E-state index contributed by atoms with van der Waals surface area (Å²) in [5.74, 6) is -12.2. The van der Waals surface area contributed by atoms with E-state index in [1.165, 1.54) is 13.8 Å². The molecule has 15 heteroatoms. The maximum Gasteiger partial charge on any atom is 0.405 e. The van der Waals surface area contributed by atoms with Gasteiger partial charge in [0.05, 0.1) is 22.0 Å². The van der Waals surface area contributed by atoms with E-state index in [0.717, 1.165) is 5.32 Å². The fourth-order valence-corrected chi connectivity index (χ4v) is 5.09. The molecule has 3 rings (SSSR count). The van der Waals surface area contributed by atoms with Crippen molar-refractivity contribution in [3.05, 3.63) is 99.0 Å². The summed E-state index contributed by atoms with van der Waals surface area (Å²) < 4.78 is 73.4. The van der Waals surface area contributed by atoms with Crippen LogP contribution in [-0.4, -0.2) is 48.3 Å². The van der Waals surface area contributed by atoms with Crippen LogP contribution in [-0.2, 0) is 14.4 Å². The minimum Gasteiger partial charge on any atom is -0.486 e. The molecule has 4 atom stereocenters. The van der Waals surface area contributed by atoms with Crippen molar-refractivity contribution in [1.82, 2.24) is 10.6 Å². The van der Waals surface area contributed by atoms with Gasteiger partial charge in [0.15, 0.2) is 0 Å². The molecule has 3 aromatic carbocycles. The molecule has 0 saturated heterocycles. The Kier molecular flexibility index (Phi) is 13.0. The van der Waals surface area contributed by atoms with Crippen molar-refractivity contribution in [2.75, 3.05) is 6.54 Å². The highest BCUT2D eigenvalue weighted by Gasteiger charge is 2.52. The fourth-order valence-electron chi connectivity index (χ4n) is 4.66. The topological polar surface area (TPSA) is 111 Å². The fraction of sp³-hybridized carbons (Fsp3) is 0.344. The highest BCUT2D eigenvalue weighted by atomic mass is 35.5. The Morgan fingerprint density at radius 1 is 0.851 bits per heavy atom. The third-order valence-electron chi connectivity index (χ3n) is 7.05. The molecule has 0 aliphatic carbocycles. The van der Waals surface area contributed by atoms with Crippen molar-refractivity contribution in [2.45, 2.75) is 56.5 Å². The van der Waals surface area contributed by atoms with Crippen molar-refractivity contribution in [3.8, 4) is 5.75 Å². The standard InChI is InChI=1S/C32H31Cl3F5N3O4/c1-17(2)27(28(44)32(39,40)30(46)42-16-31(36,37)38)43-29(45)26(18-6-4-3-5-7-18)24(41)15-25(19-8-13-22(34)23(35)14-19)47-21-11-9-20(33)10-12-21/h3-14,17,24-27H,15-16,41H2,1-2H3,(H,42,46)(H,43,45)/t24?,25?,26-,27-/m0/s1. The maximum absolute atomic E-state index is 14.8. The highest BCUT2D eigenvalue weighted by molar-refractivity contribution is 6.42. The number of ketones is 1. The van der Waals surface area contributed by atoms with E-state index in [9.17, 15) is 36.3 Å². The summed E-state index contributed by atoms with van der Waals surface area (Å²) in [4.78, 5) is 38.7. The lowest BCUT2D eigenvalue weighted by Gasteiger charge is -2.31. The summed E-state index contributed by atoms with van der Waals surface area (Å²) in [5, 5.41) is 4.24. The van der Waals surface area contributed by atoms with Crippen molar-refractivity contribution in [2.24, 2.45) is 11.7 Å². The zero-order chi connectivity index (χ0) is 35.1. The molecule has 3 aromatic rings. The summed E-state index contributed by atoms with van der Waals surface area (Å²) in [7, 11) is 0.